The van der Waals surface area contributed by atoms with Gasteiger partial charge in [0.15, 0.2) is 0 Å². The standard InChI is InChI=1S/C14H21N5/c1-3-5-10-19(4-2)13-11-8-6-7-9-12(11)16-14(17-13)18-15/h6-9H,3-5,10,15H2,1-2H3,(H,16,17,18). The topological polar surface area (TPSA) is 67.1 Å². The summed E-state index contributed by atoms with van der Waals surface area (Å²) < 4.78 is 0. The molecule has 2 rings (SSSR count). The number of nitrogens with one attached hydrogen (secondary N) is 1. The van der Waals surface area contributed by atoms with E-state index in [1.54, 1.807) is 0 Å². The maximum atomic E-state index is 5.46. The number of hydrazine groups is 1. The van der Waals surface area contributed by atoms with E-state index < -0.39 is 0 Å². The predicted molar refractivity (Wildman–Crippen MR) is 80.1 cm³/mol. The molecule has 0 radical (unpaired) electrons. The first-order valence-corrected chi connectivity index (χ1v) is 6.78. The summed E-state index contributed by atoms with van der Waals surface area (Å²) in [6.45, 7) is 6.25. The van der Waals surface area contributed by atoms with Crippen molar-refractivity contribution in [2.45, 2.75) is 26.7 Å². The molecule has 1 aromatic heterocycles. The fourth-order valence-electron chi connectivity index (χ4n) is 2.13. The number of nitrogen functional groups attached to an aromatic ring is 1. The smallest absolute Gasteiger partial charge is 0.239 e. The average molecular weight is 259 g/mol. The van der Waals surface area contributed by atoms with Gasteiger partial charge in [0.2, 0.25) is 5.95 Å². The number of hydrogen-bond acceptors (Lipinski definition) is 5. The van der Waals surface area contributed by atoms with Crippen LogP contribution in [-0.2, 0) is 0 Å². The molecule has 0 amide bonds. The molecular formula is C14H21N5. The van der Waals surface area contributed by atoms with Gasteiger partial charge < -0.3 is 4.90 Å². The molecule has 3 N–H and O–H groups in total. The van der Waals surface area contributed by atoms with E-state index in [1.807, 2.05) is 18.2 Å². The Balaban J connectivity index is 2.49. The summed E-state index contributed by atoms with van der Waals surface area (Å²) in [7, 11) is 0. The molecular weight excluding hydrogens is 238 g/mol. The van der Waals surface area contributed by atoms with Gasteiger partial charge in [-0.1, -0.05) is 25.5 Å². The van der Waals surface area contributed by atoms with Gasteiger partial charge >= 0.3 is 0 Å². The third-order valence-corrected chi connectivity index (χ3v) is 3.18. The molecule has 0 bridgehead atoms. The van der Waals surface area contributed by atoms with Gasteiger partial charge in [-0.3, -0.25) is 5.43 Å². The summed E-state index contributed by atoms with van der Waals surface area (Å²) in [5, 5.41) is 1.07. The molecule has 5 nitrogen and oxygen atoms in total. The van der Waals surface area contributed by atoms with Gasteiger partial charge in [-0.2, -0.15) is 4.98 Å². The third kappa shape index (κ3) is 2.93. The van der Waals surface area contributed by atoms with Gasteiger partial charge in [-0.25, -0.2) is 10.8 Å². The molecule has 0 aliphatic heterocycles. The van der Waals surface area contributed by atoms with Crippen molar-refractivity contribution in [2.24, 2.45) is 5.84 Å². The number of anilines is 2. The van der Waals surface area contributed by atoms with Crippen LogP contribution in [0.15, 0.2) is 24.3 Å². The highest BCUT2D eigenvalue weighted by atomic mass is 15.3. The molecule has 0 saturated carbocycles. The lowest BCUT2D eigenvalue weighted by atomic mass is 10.2. The van der Waals surface area contributed by atoms with Crippen LogP contribution in [0.2, 0.25) is 0 Å². The molecule has 0 spiro atoms. The normalized spacial score (nSPS) is 10.7. The minimum absolute atomic E-state index is 0.462. The van der Waals surface area contributed by atoms with Gasteiger partial charge in [0, 0.05) is 18.5 Å². The Hall–Kier alpha value is -1.88. The largest absolute Gasteiger partial charge is 0.356 e. The van der Waals surface area contributed by atoms with E-state index in [9.17, 15) is 0 Å². The second kappa shape index (κ2) is 6.33. The molecule has 5 heteroatoms. The Morgan fingerprint density at radius 3 is 2.68 bits per heavy atom. The zero-order valence-electron chi connectivity index (χ0n) is 11.6. The second-order valence-corrected chi connectivity index (χ2v) is 4.47. The van der Waals surface area contributed by atoms with E-state index in [1.165, 1.54) is 6.42 Å². The Labute approximate surface area is 113 Å². The average Bonchev–Trinajstić information content (AvgIpc) is 2.47. The number of rotatable bonds is 6. The van der Waals surface area contributed by atoms with E-state index >= 15 is 0 Å². The van der Waals surface area contributed by atoms with Gasteiger partial charge in [-0.15, -0.1) is 0 Å². The lowest BCUT2D eigenvalue weighted by Crippen LogP contribution is -2.26. The molecule has 102 valence electrons. The lowest BCUT2D eigenvalue weighted by molar-refractivity contribution is 0.726. The first kappa shape index (κ1) is 13.5. The van der Waals surface area contributed by atoms with Crippen LogP contribution in [0, 0.1) is 0 Å². The van der Waals surface area contributed by atoms with Crippen molar-refractivity contribution < 1.29 is 0 Å². The summed E-state index contributed by atoms with van der Waals surface area (Å²) in [6, 6.07) is 8.02. The minimum atomic E-state index is 0.462. The highest BCUT2D eigenvalue weighted by molar-refractivity contribution is 5.90. The van der Waals surface area contributed by atoms with Crippen molar-refractivity contribution in [1.82, 2.24) is 9.97 Å². The van der Waals surface area contributed by atoms with Crippen LogP contribution in [0.25, 0.3) is 10.9 Å². The number of nitrogens with two attached hydrogens (primary N) is 1. The lowest BCUT2D eigenvalue weighted by Gasteiger charge is -2.23. The Morgan fingerprint density at radius 1 is 1.21 bits per heavy atom. The van der Waals surface area contributed by atoms with Gasteiger partial charge in [-0.05, 0) is 25.5 Å². The van der Waals surface area contributed by atoms with Crippen LogP contribution >= 0.6 is 0 Å². The van der Waals surface area contributed by atoms with E-state index in [4.69, 9.17) is 5.84 Å². The van der Waals surface area contributed by atoms with Gasteiger partial charge in [0.25, 0.3) is 0 Å². The summed E-state index contributed by atoms with van der Waals surface area (Å²) in [5.41, 5.74) is 3.46. The van der Waals surface area contributed by atoms with E-state index in [0.717, 1.165) is 36.2 Å². The van der Waals surface area contributed by atoms with Crippen molar-refractivity contribution in [3.63, 3.8) is 0 Å². The summed E-state index contributed by atoms with van der Waals surface area (Å²) in [6.07, 6.45) is 2.32. The van der Waals surface area contributed by atoms with Crippen LogP contribution in [0.4, 0.5) is 11.8 Å². The zero-order valence-corrected chi connectivity index (χ0v) is 11.6. The van der Waals surface area contributed by atoms with Crippen LogP contribution in [0.5, 0.6) is 0 Å². The third-order valence-electron chi connectivity index (χ3n) is 3.18. The molecule has 0 unspecified atom stereocenters. The fraction of sp³-hybridized carbons (Fsp3) is 0.429. The molecule has 19 heavy (non-hydrogen) atoms. The maximum Gasteiger partial charge on any atom is 0.239 e. The summed E-state index contributed by atoms with van der Waals surface area (Å²) >= 11 is 0. The molecule has 0 fully saturated rings. The van der Waals surface area contributed by atoms with Crippen molar-refractivity contribution in [3.05, 3.63) is 24.3 Å². The highest BCUT2D eigenvalue weighted by Gasteiger charge is 2.12. The van der Waals surface area contributed by atoms with Crippen molar-refractivity contribution >= 4 is 22.7 Å². The maximum absolute atomic E-state index is 5.46. The Morgan fingerprint density at radius 2 is 2.00 bits per heavy atom. The minimum Gasteiger partial charge on any atom is -0.356 e. The summed E-state index contributed by atoms with van der Waals surface area (Å²) in [5.74, 6) is 6.87. The fourth-order valence-corrected chi connectivity index (χ4v) is 2.13. The number of benzene rings is 1. The van der Waals surface area contributed by atoms with Crippen molar-refractivity contribution in [2.75, 3.05) is 23.4 Å². The first-order chi connectivity index (χ1) is 9.30. The molecule has 2 aromatic rings. The van der Waals surface area contributed by atoms with E-state index in [0.29, 0.717) is 5.95 Å². The summed E-state index contributed by atoms with van der Waals surface area (Å²) in [4.78, 5) is 11.2. The number of unbranched alkanes of at least 4 members (excludes halogenated alkanes) is 1. The number of fused-ring (bicyclic) bond motifs is 1. The van der Waals surface area contributed by atoms with Crippen LogP contribution < -0.4 is 16.2 Å². The number of para-hydroxylation sites is 1. The molecule has 0 aliphatic carbocycles. The number of hydrogen-bond donors (Lipinski definition) is 2. The number of nitrogens with zero attached hydrogens (tertiary/aromatic N) is 3. The highest BCUT2D eigenvalue weighted by Crippen LogP contribution is 2.25. The predicted octanol–water partition coefficient (Wildman–Crippen LogP) is 2.54. The monoisotopic (exact) mass is 259 g/mol. The molecule has 1 heterocycles. The quantitative estimate of drug-likeness (QED) is 0.616. The van der Waals surface area contributed by atoms with Gasteiger partial charge in [0.1, 0.15) is 5.82 Å². The van der Waals surface area contributed by atoms with E-state index in [-0.39, 0.29) is 0 Å². The molecule has 1 aromatic carbocycles. The molecule has 0 aliphatic rings. The SMILES string of the molecule is CCCCN(CC)c1nc(NN)nc2ccccc12. The van der Waals surface area contributed by atoms with Crippen LogP contribution in [0.1, 0.15) is 26.7 Å². The number of aromatic nitrogens is 2. The Bertz CT molecular complexity index is 540. The zero-order chi connectivity index (χ0) is 13.7. The first-order valence-electron chi connectivity index (χ1n) is 6.78. The van der Waals surface area contributed by atoms with Crippen LogP contribution in [0.3, 0.4) is 0 Å². The van der Waals surface area contributed by atoms with Gasteiger partial charge in [0.05, 0.1) is 5.52 Å². The van der Waals surface area contributed by atoms with Crippen molar-refractivity contribution in [1.29, 1.82) is 0 Å². The van der Waals surface area contributed by atoms with E-state index in [2.05, 4.69) is 40.2 Å². The second-order valence-electron chi connectivity index (χ2n) is 4.47. The molecule has 0 atom stereocenters. The molecule has 0 saturated heterocycles. The Kier molecular flexibility index (Phi) is 4.52. The van der Waals surface area contributed by atoms with Crippen LogP contribution in [-0.4, -0.2) is 23.1 Å². The van der Waals surface area contributed by atoms with Crippen molar-refractivity contribution in [3.8, 4) is 0 Å².